The molecule has 0 saturated carbocycles. The molecule has 0 radical (unpaired) electrons. The summed E-state index contributed by atoms with van der Waals surface area (Å²) < 4.78 is 1.54. The van der Waals surface area contributed by atoms with Crippen LogP contribution >= 0.6 is 0 Å². The van der Waals surface area contributed by atoms with E-state index in [1.807, 2.05) is 7.05 Å². The lowest BCUT2D eigenvalue weighted by molar-refractivity contribution is -0.136. The molecule has 1 aromatic heterocycles. The largest absolute Gasteiger partial charge is 0.348 e. The molecule has 122 valence electrons. The van der Waals surface area contributed by atoms with Crippen molar-refractivity contribution in [2.45, 2.75) is 13.3 Å². The highest BCUT2D eigenvalue weighted by Crippen LogP contribution is 2.14. The minimum atomic E-state index is -0.708. The van der Waals surface area contributed by atoms with Gasteiger partial charge in [-0.2, -0.15) is 4.68 Å². The minimum Gasteiger partial charge on any atom is -0.348 e. The van der Waals surface area contributed by atoms with Gasteiger partial charge in [-0.05, 0) is 55.6 Å². The zero-order valence-corrected chi connectivity index (χ0v) is 13.0. The van der Waals surface area contributed by atoms with Crippen molar-refractivity contribution in [1.29, 1.82) is 0 Å². The number of rotatable bonds is 6. The van der Waals surface area contributed by atoms with Crippen LogP contribution in [0.2, 0.25) is 0 Å². The second kappa shape index (κ2) is 7.99. The average molecular weight is 317 g/mol. The van der Waals surface area contributed by atoms with Crippen LogP contribution < -0.4 is 16.0 Å². The van der Waals surface area contributed by atoms with Crippen molar-refractivity contribution >= 4 is 17.5 Å². The van der Waals surface area contributed by atoms with Crippen LogP contribution in [0.15, 0.2) is 24.3 Å². The van der Waals surface area contributed by atoms with Gasteiger partial charge < -0.3 is 16.0 Å². The van der Waals surface area contributed by atoms with Crippen LogP contribution in [0.3, 0.4) is 0 Å². The van der Waals surface area contributed by atoms with Crippen LogP contribution in [-0.2, 0) is 9.59 Å². The Bertz CT molecular complexity index is 683. The summed E-state index contributed by atoms with van der Waals surface area (Å²) >= 11 is 0. The van der Waals surface area contributed by atoms with E-state index in [0.717, 1.165) is 13.0 Å². The van der Waals surface area contributed by atoms with Crippen molar-refractivity contribution in [1.82, 2.24) is 30.8 Å². The number of aromatic nitrogens is 4. The van der Waals surface area contributed by atoms with Crippen LogP contribution in [0.4, 0.5) is 5.69 Å². The van der Waals surface area contributed by atoms with Crippen LogP contribution in [-0.4, -0.2) is 52.2 Å². The molecule has 0 unspecified atom stereocenters. The quantitative estimate of drug-likeness (QED) is 0.495. The van der Waals surface area contributed by atoms with E-state index in [-0.39, 0.29) is 0 Å². The van der Waals surface area contributed by atoms with Gasteiger partial charge >= 0.3 is 11.8 Å². The zero-order valence-electron chi connectivity index (χ0n) is 13.0. The number of carbonyl (C=O) groups excluding carboxylic acids is 2. The Morgan fingerprint density at radius 3 is 2.74 bits per heavy atom. The molecule has 2 amide bonds. The highest BCUT2D eigenvalue weighted by atomic mass is 16.2. The van der Waals surface area contributed by atoms with Crippen molar-refractivity contribution in [2.24, 2.45) is 0 Å². The van der Waals surface area contributed by atoms with E-state index in [1.165, 1.54) is 4.68 Å². The van der Waals surface area contributed by atoms with Crippen molar-refractivity contribution in [3.63, 3.8) is 0 Å². The summed E-state index contributed by atoms with van der Waals surface area (Å²) in [6, 6.07) is 6.93. The zero-order chi connectivity index (χ0) is 16.7. The van der Waals surface area contributed by atoms with Crippen LogP contribution in [0.1, 0.15) is 12.2 Å². The van der Waals surface area contributed by atoms with E-state index in [4.69, 9.17) is 0 Å². The van der Waals surface area contributed by atoms with Crippen molar-refractivity contribution < 1.29 is 9.59 Å². The topological polar surface area (TPSA) is 114 Å². The summed E-state index contributed by atoms with van der Waals surface area (Å²) in [7, 11) is 1.83. The predicted octanol–water partition coefficient (Wildman–Crippen LogP) is -0.365. The van der Waals surface area contributed by atoms with Gasteiger partial charge in [0.15, 0.2) is 5.82 Å². The first-order valence-electron chi connectivity index (χ1n) is 7.21. The van der Waals surface area contributed by atoms with E-state index in [2.05, 4.69) is 31.5 Å². The van der Waals surface area contributed by atoms with Crippen LogP contribution in [0, 0.1) is 6.92 Å². The van der Waals surface area contributed by atoms with Gasteiger partial charge in [0.25, 0.3) is 0 Å². The van der Waals surface area contributed by atoms with E-state index in [0.29, 0.717) is 23.7 Å². The predicted molar refractivity (Wildman–Crippen MR) is 84.1 cm³/mol. The Morgan fingerprint density at radius 1 is 1.22 bits per heavy atom. The number of amides is 2. The summed E-state index contributed by atoms with van der Waals surface area (Å²) in [6.45, 7) is 2.98. The number of anilines is 1. The molecule has 0 fully saturated rings. The molecule has 1 heterocycles. The third-order valence-corrected chi connectivity index (χ3v) is 3.07. The van der Waals surface area contributed by atoms with Crippen LogP contribution in [0.25, 0.3) is 5.69 Å². The molecule has 0 saturated heterocycles. The molecule has 0 atom stereocenters. The maximum absolute atomic E-state index is 11.9. The molecular formula is C14H19N7O2. The Kier molecular flexibility index (Phi) is 5.75. The van der Waals surface area contributed by atoms with E-state index in [9.17, 15) is 9.59 Å². The number of tetrazole rings is 1. The second-order valence-electron chi connectivity index (χ2n) is 4.86. The molecule has 2 aromatic rings. The number of benzene rings is 1. The van der Waals surface area contributed by atoms with Gasteiger partial charge in [-0.1, -0.05) is 6.07 Å². The number of nitrogens with zero attached hydrogens (tertiary/aromatic N) is 4. The monoisotopic (exact) mass is 317 g/mol. The first kappa shape index (κ1) is 16.6. The molecule has 9 nitrogen and oxygen atoms in total. The second-order valence-corrected chi connectivity index (χ2v) is 4.86. The number of carbonyl (C=O) groups is 2. The van der Waals surface area contributed by atoms with Crippen molar-refractivity contribution in [3.8, 4) is 5.69 Å². The molecule has 0 aliphatic heterocycles. The molecular weight excluding hydrogens is 298 g/mol. The van der Waals surface area contributed by atoms with Gasteiger partial charge in [-0.25, -0.2) is 0 Å². The first-order chi connectivity index (χ1) is 11.1. The molecule has 9 heteroatoms. The molecule has 0 spiro atoms. The summed E-state index contributed by atoms with van der Waals surface area (Å²) in [5.74, 6) is -0.749. The Morgan fingerprint density at radius 2 is 2.04 bits per heavy atom. The molecule has 0 bridgehead atoms. The lowest BCUT2D eigenvalue weighted by atomic mass is 10.2. The molecule has 23 heavy (non-hydrogen) atoms. The maximum Gasteiger partial charge on any atom is 0.313 e. The van der Waals surface area contributed by atoms with Gasteiger partial charge in [-0.3, -0.25) is 9.59 Å². The van der Waals surface area contributed by atoms with Crippen LogP contribution in [0.5, 0.6) is 0 Å². The fourth-order valence-corrected chi connectivity index (χ4v) is 1.92. The van der Waals surface area contributed by atoms with Crippen molar-refractivity contribution in [3.05, 3.63) is 30.1 Å². The number of hydrogen-bond donors (Lipinski definition) is 3. The molecule has 0 aliphatic rings. The Labute approximate surface area is 133 Å². The van der Waals surface area contributed by atoms with E-state index < -0.39 is 11.8 Å². The van der Waals surface area contributed by atoms with Gasteiger partial charge in [0.1, 0.15) is 0 Å². The SMILES string of the molecule is CNCCCNC(=O)C(=O)Nc1cccc(-n2nnnc2C)c1. The third kappa shape index (κ3) is 4.58. The summed E-state index contributed by atoms with van der Waals surface area (Å²) in [4.78, 5) is 23.6. The van der Waals surface area contributed by atoms with E-state index >= 15 is 0 Å². The number of aryl methyl sites for hydroxylation is 1. The van der Waals surface area contributed by atoms with Gasteiger partial charge in [-0.15, -0.1) is 5.10 Å². The summed E-state index contributed by atoms with van der Waals surface area (Å²) in [5, 5.41) is 19.3. The van der Waals surface area contributed by atoms with Gasteiger partial charge in [0.2, 0.25) is 0 Å². The van der Waals surface area contributed by atoms with Crippen molar-refractivity contribution in [2.75, 3.05) is 25.5 Å². The fourth-order valence-electron chi connectivity index (χ4n) is 1.92. The number of nitrogens with one attached hydrogen (secondary N) is 3. The lowest BCUT2D eigenvalue weighted by Crippen LogP contribution is -2.36. The average Bonchev–Trinajstić information content (AvgIpc) is 2.97. The van der Waals surface area contributed by atoms with Gasteiger partial charge in [0, 0.05) is 12.2 Å². The highest BCUT2D eigenvalue weighted by molar-refractivity contribution is 6.39. The third-order valence-electron chi connectivity index (χ3n) is 3.07. The molecule has 3 N–H and O–H groups in total. The standard InChI is InChI=1S/C14H19N7O2/c1-10-18-19-20-21(10)12-6-3-5-11(9-12)17-14(23)13(22)16-8-4-7-15-2/h3,5-6,9,15H,4,7-8H2,1-2H3,(H,16,22)(H,17,23). The fraction of sp³-hybridized carbons (Fsp3) is 0.357. The van der Waals surface area contributed by atoms with E-state index in [1.54, 1.807) is 31.2 Å². The van der Waals surface area contributed by atoms with Gasteiger partial charge in [0.05, 0.1) is 5.69 Å². The number of hydrogen-bond acceptors (Lipinski definition) is 6. The Hall–Kier alpha value is -2.81. The lowest BCUT2D eigenvalue weighted by Gasteiger charge is -2.08. The molecule has 1 aromatic carbocycles. The first-order valence-corrected chi connectivity index (χ1v) is 7.21. The summed E-state index contributed by atoms with van der Waals surface area (Å²) in [6.07, 6.45) is 0.754. The molecule has 2 rings (SSSR count). The molecule has 0 aliphatic carbocycles. The maximum atomic E-state index is 11.9. The highest BCUT2D eigenvalue weighted by Gasteiger charge is 2.13. The minimum absolute atomic E-state index is 0.441. The Balaban J connectivity index is 1.96. The normalized spacial score (nSPS) is 10.3. The smallest absolute Gasteiger partial charge is 0.313 e. The summed E-state index contributed by atoms with van der Waals surface area (Å²) in [5.41, 5.74) is 1.19.